The lowest BCUT2D eigenvalue weighted by Gasteiger charge is -2.28. The van der Waals surface area contributed by atoms with Gasteiger partial charge in [0.25, 0.3) is 5.82 Å². The van der Waals surface area contributed by atoms with E-state index in [2.05, 4.69) is 81.7 Å². The average Bonchev–Trinajstić information content (AvgIpc) is 3.09. The van der Waals surface area contributed by atoms with E-state index in [1.54, 1.807) is 4.90 Å². The number of aromatic nitrogens is 3. The van der Waals surface area contributed by atoms with Crippen LogP contribution < -0.4 is 14.8 Å². The van der Waals surface area contributed by atoms with Crippen LogP contribution in [0.4, 0.5) is 5.82 Å². The number of imidazole rings is 1. The fourth-order valence-corrected chi connectivity index (χ4v) is 4.08. The molecule has 1 fully saturated rings. The van der Waals surface area contributed by atoms with Crippen LogP contribution in [-0.4, -0.2) is 35.3 Å². The third kappa shape index (κ3) is 4.03. The number of nitrogens with one attached hydrogen (secondary N) is 2. The molecule has 1 aliphatic rings. The van der Waals surface area contributed by atoms with Gasteiger partial charge in [-0.05, 0) is 41.9 Å². The van der Waals surface area contributed by atoms with Crippen LogP contribution in [0, 0.1) is 4.77 Å². The Hall–Kier alpha value is -2.44. The summed E-state index contributed by atoms with van der Waals surface area (Å²) in [5, 5.41) is 0. The number of quaternary nitrogens is 1. The predicted molar refractivity (Wildman–Crippen MR) is 115 cm³/mol. The molecule has 0 bridgehead atoms. The highest BCUT2D eigenvalue weighted by Crippen LogP contribution is 2.17. The molecule has 2 aromatic heterocycles. The maximum absolute atomic E-state index is 5.76. The Labute approximate surface area is 171 Å². The number of hydrogen-bond acceptors (Lipinski definition) is 2. The molecule has 28 heavy (non-hydrogen) atoms. The Balaban J connectivity index is 1.41. The molecule has 0 atom stereocenters. The van der Waals surface area contributed by atoms with Crippen molar-refractivity contribution in [1.82, 2.24) is 9.13 Å². The molecule has 0 spiro atoms. The van der Waals surface area contributed by atoms with Gasteiger partial charge in [-0.2, -0.15) is 0 Å². The predicted octanol–water partition coefficient (Wildman–Crippen LogP) is 2.31. The van der Waals surface area contributed by atoms with Crippen LogP contribution in [0.25, 0.3) is 5.69 Å². The van der Waals surface area contributed by atoms with Gasteiger partial charge in [0, 0.05) is 24.1 Å². The quantitative estimate of drug-likeness (QED) is 0.673. The lowest BCUT2D eigenvalue weighted by molar-refractivity contribution is -0.923. The first-order valence-electron chi connectivity index (χ1n) is 10.0. The standard InChI is InChI=1S/C22H27N5S/c1-18(2)19-6-8-20(9-7-19)27-16-15-26(22(27)28)17-24-11-13-25(14-12-24)21-5-3-4-10-23-21/h3-10,15-16,18H,11-14,17H2,1-2H3/p+2. The van der Waals surface area contributed by atoms with Gasteiger partial charge in [-0.15, -0.1) is 0 Å². The minimum atomic E-state index is 0.544. The molecule has 0 saturated carbocycles. The summed E-state index contributed by atoms with van der Waals surface area (Å²) < 4.78 is 5.17. The van der Waals surface area contributed by atoms with Crippen molar-refractivity contribution in [1.29, 1.82) is 0 Å². The first-order valence-corrected chi connectivity index (χ1v) is 10.5. The van der Waals surface area contributed by atoms with Gasteiger partial charge in [-0.25, -0.2) is 4.98 Å². The number of aromatic amines is 1. The normalized spacial score (nSPS) is 15.3. The smallest absolute Gasteiger partial charge is 0.274 e. The van der Waals surface area contributed by atoms with Gasteiger partial charge >= 0.3 is 0 Å². The Bertz CT molecular complexity index is 951. The Morgan fingerprint density at radius 2 is 1.79 bits per heavy atom. The Morgan fingerprint density at radius 1 is 1.04 bits per heavy atom. The molecule has 0 radical (unpaired) electrons. The molecule has 3 heterocycles. The lowest BCUT2D eigenvalue weighted by atomic mass is 10.0. The summed E-state index contributed by atoms with van der Waals surface area (Å²) in [6.45, 7) is 9.69. The summed E-state index contributed by atoms with van der Waals surface area (Å²) >= 11 is 5.76. The summed E-state index contributed by atoms with van der Waals surface area (Å²) in [4.78, 5) is 7.32. The van der Waals surface area contributed by atoms with Crippen LogP contribution in [0.2, 0.25) is 0 Å². The van der Waals surface area contributed by atoms with E-state index >= 15 is 0 Å². The topological polar surface area (TPSA) is 31.7 Å². The molecule has 6 heteroatoms. The van der Waals surface area contributed by atoms with Crippen LogP contribution >= 0.6 is 12.2 Å². The van der Waals surface area contributed by atoms with Gasteiger partial charge in [0.2, 0.25) is 0 Å². The van der Waals surface area contributed by atoms with Gasteiger partial charge in [0.15, 0.2) is 11.4 Å². The van der Waals surface area contributed by atoms with Crippen LogP contribution in [0.15, 0.2) is 61.1 Å². The van der Waals surface area contributed by atoms with E-state index in [-0.39, 0.29) is 0 Å². The highest BCUT2D eigenvalue weighted by molar-refractivity contribution is 7.71. The third-order valence-electron chi connectivity index (χ3n) is 5.58. The third-order valence-corrected chi connectivity index (χ3v) is 6.01. The van der Waals surface area contributed by atoms with Crippen molar-refractivity contribution < 1.29 is 9.88 Å². The van der Waals surface area contributed by atoms with Gasteiger partial charge < -0.3 is 4.90 Å². The van der Waals surface area contributed by atoms with E-state index in [4.69, 9.17) is 12.2 Å². The molecule has 3 aromatic rings. The zero-order valence-corrected chi connectivity index (χ0v) is 17.5. The molecule has 146 valence electrons. The number of H-pyrrole nitrogens is 1. The molecule has 1 aromatic carbocycles. The largest absolute Gasteiger partial charge is 0.311 e. The maximum Gasteiger partial charge on any atom is 0.274 e. The van der Waals surface area contributed by atoms with Gasteiger partial charge in [-0.1, -0.05) is 32.0 Å². The van der Waals surface area contributed by atoms with Crippen LogP contribution in [-0.2, 0) is 6.67 Å². The minimum Gasteiger partial charge on any atom is -0.311 e. The number of piperazine rings is 1. The van der Waals surface area contributed by atoms with Crippen LogP contribution in [0.5, 0.6) is 0 Å². The number of nitrogens with zero attached hydrogens (tertiary/aromatic N) is 3. The van der Waals surface area contributed by atoms with E-state index in [0.29, 0.717) is 5.92 Å². The zero-order valence-electron chi connectivity index (χ0n) is 16.6. The first-order chi connectivity index (χ1) is 13.6. The van der Waals surface area contributed by atoms with Crippen molar-refractivity contribution in [3.63, 3.8) is 0 Å². The van der Waals surface area contributed by atoms with Crippen molar-refractivity contribution in [2.24, 2.45) is 0 Å². The summed E-state index contributed by atoms with van der Waals surface area (Å²) in [6, 6.07) is 15.0. The second-order valence-electron chi connectivity index (χ2n) is 7.81. The number of benzene rings is 1. The SMILES string of the molecule is CC(C)c1ccc(-n2ccn(C[NH+]3CCN(c4cccc[nH+]4)CC3)c2=S)cc1. The second-order valence-corrected chi connectivity index (χ2v) is 8.17. The van der Waals surface area contributed by atoms with Gasteiger partial charge in [0.05, 0.1) is 6.20 Å². The molecule has 1 saturated heterocycles. The molecule has 0 unspecified atom stereocenters. The Morgan fingerprint density at radius 3 is 2.43 bits per heavy atom. The second kappa shape index (κ2) is 8.29. The zero-order chi connectivity index (χ0) is 19.5. The highest BCUT2D eigenvalue weighted by atomic mass is 32.1. The molecule has 2 N–H and O–H groups in total. The number of pyridine rings is 1. The van der Waals surface area contributed by atoms with Crippen molar-refractivity contribution in [3.05, 3.63) is 71.4 Å². The van der Waals surface area contributed by atoms with Gasteiger partial charge in [0.1, 0.15) is 26.2 Å². The lowest BCUT2D eigenvalue weighted by Crippen LogP contribution is -3.14. The molecule has 5 nitrogen and oxygen atoms in total. The fourth-order valence-electron chi connectivity index (χ4n) is 3.79. The van der Waals surface area contributed by atoms with Crippen molar-refractivity contribution in [2.75, 3.05) is 31.1 Å². The number of hydrogen-bond donors (Lipinski definition) is 1. The van der Waals surface area contributed by atoms with Crippen molar-refractivity contribution >= 4 is 18.0 Å². The van der Waals surface area contributed by atoms with Crippen molar-refractivity contribution in [2.45, 2.75) is 26.4 Å². The number of anilines is 1. The molecule has 0 amide bonds. The first kappa shape index (κ1) is 18.9. The average molecular weight is 396 g/mol. The minimum absolute atomic E-state index is 0.544. The fraction of sp³-hybridized carbons (Fsp3) is 0.364. The molecular formula is C22H29N5S+2. The van der Waals surface area contributed by atoms with E-state index in [9.17, 15) is 0 Å². The monoisotopic (exact) mass is 395 g/mol. The molecular weight excluding hydrogens is 366 g/mol. The van der Waals surface area contributed by atoms with E-state index < -0.39 is 0 Å². The molecule has 0 aliphatic carbocycles. The number of rotatable bonds is 5. The summed E-state index contributed by atoms with van der Waals surface area (Å²) in [7, 11) is 0. The van der Waals surface area contributed by atoms with E-state index in [1.807, 2.05) is 12.3 Å². The Kier molecular flexibility index (Phi) is 5.59. The van der Waals surface area contributed by atoms with E-state index in [0.717, 1.165) is 43.3 Å². The summed E-state index contributed by atoms with van der Waals surface area (Å²) in [5.41, 5.74) is 2.49. The van der Waals surface area contributed by atoms with Crippen LogP contribution in [0.3, 0.4) is 0 Å². The summed E-state index contributed by atoms with van der Waals surface area (Å²) in [6.07, 6.45) is 6.19. The molecule has 4 rings (SSSR count). The van der Waals surface area contributed by atoms with Crippen molar-refractivity contribution in [3.8, 4) is 5.69 Å². The maximum atomic E-state index is 5.76. The summed E-state index contributed by atoms with van der Waals surface area (Å²) in [5.74, 6) is 1.75. The molecule has 1 aliphatic heterocycles. The van der Waals surface area contributed by atoms with E-state index in [1.165, 1.54) is 11.4 Å². The highest BCUT2D eigenvalue weighted by Gasteiger charge is 2.26. The van der Waals surface area contributed by atoms with Gasteiger partial charge in [-0.3, -0.25) is 14.0 Å². The van der Waals surface area contributed by atoms with Crippen LogP contribution in [0.1, 0.15) is 25.3 Å².